The molecule has 2 aromatic carbocycles. The van der Waals surface area contributed by atoms with Gasteiger partial charge in [0.05, 0.1) is 11.6 Å². The zero-order valence-corrected chi connectivity index (χ0v) is 10.3. The van der Waals surface area contributed by atoms with Crippen LogP contribution in [0, 0.1) is 18.3 Å². The van der Waals surface area contributed by atoms with Crippen molar-refractivity contribution in [3.63, 3.8) is 0 Å². The second-order valence-electron chi connectivity index (χ2n) is 4.00. The van der Waals surface area contributed by atoms with Crippen molar-refractivity contribution >= 4 is 5.97 Å². The average Bonchev–Trinajstić information content (AvgIpc) is 2.41. The summed E-state index contributed by atoms with van der Waals surface area (Å²) in [4.78, 5) is 11.1. The molecule has 0 bridgehead atoms. The number of rotatable bonds is 3. The minimum Gasteiger partial charge on any atom is -0.478 e. The molecule has 0 heterocycles. The van der Waals surface area contributed by atoms with Crippen molar-refractivity contribution in [3.05, 3.63) is 59.2 Å². The lowest BCUT2D eigenvalue weighted by molar-refractivity contribution is 0.0694. The molecular weight excluding hydrogens is 242 g/mol. The lowest BCUT2D eigenvalue weighted by atomic mass is 10.1. The maximum atomic E-state index is 11.1. The third kappa shape index (κ3) is 2.72. The van der Waals surface area contributed by atoms with E-state index in [-0.39, 0.29) is 11.3 Å². The fraction of sp³-hybridized carbons (Fsp3) is 0.0667. The van der Waals surface area contributed by atoms with Crippen LogP contribution in [0.5, 0.6) is 11.5 Å². The van der Waals surface area contributed by atoms with E-state index in [4.69, 9.17) is 15.1 Å². The van der Waals surface area contributed by atoms with Gasteiger partial charge >= 0.3 is 5.97 Å². The standard InChI is InChI=1S/C15H11NO3/c1-10-6-7-11(9-16)8-14(10)19-13-5-3-2-4-12(13)15(17)18/h2-8H,1H3,(H,17,18). The number of carboxylic acids is 1. The highest BCUT2D eigenvalue weighted by molar-refractivity contribution is 5.90. The molecule has 4 nitrogen and oxygen atoms in total. The van der Waals surface area contributed by atoms with E-state index in [9.17, 15) is 4.79 Å². The molecule has 0 fully saturated rings. The highest BCUT2D eigenvalue weighted by Crippen LogP contribution is 2.28. The van der Waals surface area contributed by atoms with Gasteiger partial charge in [-0.1, -0.05) is 18.2 Å². The normalized spacial score (nSPS) is 9.68. The fourth-order valence-electron chi connectivity index (χ4n) is 1.63. The summed E-state index contributed by atoms with van der Waals surface area (Å²) in [7, 11) is 0. The molecule has 0 amide bonds. The Morgan fingerprint density at radius 1 is 1.21 bits per heavy atom. The molecule has 0 spiro atoms. The fourth-order valence-corrected chi connectivity index (χ4v) is 1.63. The first kappa shape index (κ1) is 12.7. The van der Waals surface area contributed by atoms with Crippen molar-refractivity contribution in [2.45, 2.75) is 6.92 Å². The number of carboxylic acid groups (broad SMARTS) is 1. The Balaban J connectivity index is 2.42. The molecule has 19 heavy (non-hydrogen) atoms. The Morgan fingerprint density at radius 3 is 2.63 bits per heavy atom. The third-order valence-electron chi connectivity index (χ3n) is 2.65. The van der Waals surface area contributed by atoms with Gasteiger partial charge in [0.1, 0.15) is 17.1 Å². The van der Waals surface area contributed by atoms with Crippen molar-refractivity contribution in [2.75, 3.05) is 0 Å². The van der Waals surface area contributed by atoms with Gasteiger partial charge < -0.3 is 9.84 Å². The molecule has 0 radical (unpaired) electrons. The van der Waals surface area contributed by atoms with Crippen molar-refractivity contribution < 1.29 is 14.6 Å². The van der Waals surface area contributed by atoms with Crippen LogP contribution in [0.1, 0.15) is 21.5 Å². The number of nitriles is 1. The van der Waals surface area contributed by atoms with Crippen LogP contribution in [0.25, 0.3) is 0 Å². The largest absolute Gasteiger partial charge is 0.478 e. The zero-order chi connectivity index (χ0) is 13.8. The van der Waals surface area contributed by atoms with Crippen molar-refractivity contribution in [3.8, 4) is 17.6 Å². The summed E-state index contributed by atoms with van der Waals surface area (Å²) in [5, 5.41) is 17.9. The lowest BCUT2D eigenvalue weighted by Gasteiger charge is -2.11. The summed E-state index contributed by atoms with van der Waals surface area (Å²) in [6, 6.07) is 13.5. The van der Waals surface area contributed by atoms with Crippen LogP contribution in [-0.4, -0.2) is 11.1 Å². The van der Waals surface area contributed by atoms with Crippen LogP contribution in [-0.2, 0) is 0 Å². The van der Waals surface area contributed by atoms with Gasteiger partial charge in [0.15, 0.2) is 0 Å². The minimum absolute atomic E-state index is 0.0873. The van der Waals surface area contributed by atoms with Crippen LogP contribution in [0.2, 0.25) is 0 Å². The first-order valence-electron chi connectivity index (χ1n) is 5.62. The summed E-state index contributed by atoms with van der Waals surface area (Å²) in [6.07, 6.45) is 0. The van der Waals surface area contributed by atoms with E-state index < -0.39 is 5.97 Å². The number of benzene rings is 2. The van der Waals surface area contributed by atoms with E-state index in [1.807, 2.05) is 13.0 Å². The van der Waals surface area contributed by atoms with E-state index in [1.165, 1.54) is 6.07 Å². The molecule has 4 heteroatoms. The summed E-state index contributed by atoms with van der Waals surface area (Å²) in [5.41, 5.74) is 1.39. The van der Waals surface area contributed by atoms with E-state index >= 15 is 0 Å². The number of para-hydroxylation sites is 1. The van der Waals surface area contributed by atoms with Gasteiger partial charge in [-0.2, -0.15) is 5.26 Å². The SMILES string of the molecule is Cc1ccc(C#N)cc1Oc1ccccc1C(=O)O. The second kappa shape index (κ2) is 5.23. The smallest absolute Gasteiger partial charge is 0.339 e. The van der Waals surface area contributed by atoms with Gasteiger partial charge in [-0.25, -0.2) is 4.79 Å². The Hall–Kier alpha value is -2.80. The molecule has 94 valence electrons. The van der Waals surface area contributed by atoms with Gasteiger partial charge in [0.25, 0.3) is 0 Å². The summed E-state index contributed by atoms with van der Waals surface area (Å²) >= 11 is 0. The number of ether oxygens (including phenoxy) is 1. The number of aryl methyl sites for hydroxylation is 1. The summed E-state index contributed by atoms with van der Waals surface area (Å²) in [6.45, 7) is 1.83. The summed E-state index contributed by atoms with van der Waals surface area (Å²) in [5.74, 6) is -0.314. The molecule has 0 aromatic heterocycles. The molecule has 2 aromatic rings. The van der Waals surface area contributed by atoms with Gasteiger partial charge in [0, 0.05) is 0 Å². The van der Waals surface area contributed by atoms with Gasteiger partial charge in [-0.15, -0.1) is 0 Å². The van der Waals surface area contributed by atoms with Gasteiger partial charge in [-0.05, 0) is 36.8 Å². The quantitative estimate of drug-likeness (QED) is 0.910. The predicted octanol–water partition coefficient (Wildman–Crippen LogP) is 3.36. The van der Waals surface area contributed by atoms with Gasteiger partial charge in [-0.3, -0.25) is 0 Å². The topological polar surface area (TPSA) is 70.3 Å². The first-order chi connectivity index (χ1) is 9.11. The number of nitrogens with zero attached hydrogens (tertiary/aromatic N) is 1. The number of hydrogen-bond donors (Lipinski definition) is 1. The molecule has 0 aliphatic heterocycles. The van der Waals surface area contributed by atoms with Crippen LogP contribution in [0.3, 0.4) is 0 Å². The Kier molecular flexibility index (Phi) is 3.48. The molecule has 0 saturated carbocycles. The monoisotopic (exact) mass is 253 g/mol. The molecule has 0 aliphatic rings. The molecule has 0 aliphatic carbocycles. The number of aromatic carboxylic acids is 1. The third-order valence-corrected chi connectivity index (χ3v) is 2.65. The second-order valence-corrected chi connectivity index (χ2v) is 4.00. The Labute approximate surface area is 110 Å². The molecule has 1 N–H and O–H groups in total. The first-order valence-corrected chi connectivity index (χ1v) is 5.62. The maximum Gasteiger partial charge on any atom is 0.339 e. The van der Waals surface area contributed by atoms with E-state index in [2.05, 4.69) is 0 Å². The number of hydrogen-bond acceptors (Lipinski definition) is 3. The maximum absolute atomic E-state index is 11.1. The van der Waals surface area contributed by atoms with Crippen molar-refractivity contribution in [1.82, 2.24) is 0 Å². The molecule has 0 saturated heterocycles. The van der Waals surface area contributed by atoms with Crippen LogP contribution >= 0.6 is 0 Å². The molecule has 0 unspecified atom stereocenters. The highest BCUT2D eigenvalue weighted by Gasteiger charge is 2.12. The van der Waals surface area contributed by atoms with Crippen LogP contribution in [0.15, 0.2) is 42.5 Å². The predicted molar refractivity (Wildman–Crippen MR) is 69.4 cm³/mol. The van der Waals surface area contributed by atoms with E-state index in [0.717, 1.165) is 5.56 Å². The summed E-state index contributed by atoms with van der Waals surface area (Å²) < 4.78 is 5.61. The van der Waals surface area contributed by atoms with E-state index in [0.29, 0.717) is 11.3 Å². The zero-order valence-electron chi connectivity index (χ0n) is 10.3. The van der Waals surface area contributed by atoms with Crippen molar-refractivity contribution in [2.24, 2.45) is 0 Å². The molecular formula is C15H11NO3. The number of carbonyl (C=O) groups is 1. The van der Waals surface area contributed by atoms with Crippen LogP contribution in [0.4, 0.5) is 0 Å². The average molecular weight is 253 g/mol. The highest BCUT2D eigenvalue weighted by atomic mass is 16.5. The molecule has 0 atom stereocenters. The van der Waals surface area contributed by atoms with Crippen molar-refractivity contribution in [1.29, 1.82) is 5.26 Å². The Bertz CT molecular complexity index is 671. The minimum atomic E-state index is -1.05. The van der Waals surface area contributed by atoms with E-state index in [1.54, 1.807) is 36.4 Å². The lowest BCUT2D eigenvalue weighted by Crippen LogP contribution is -2.00. The van der Waals surface area contributed by atoms with Gasteiger partial charge in [0.2, 0.25) is 0 Å². The van der Waals surface area contributed by atoms with Crippen LogP contribution < -0.4 is 4.74 Å². The Morgan fingerprint density at radius 2 is 1.95 bits per heavy atom. The molecule has 2 rings (SSSR count).